The summed E-state index contributed by atoms with van der Waals surface area (Å²) in [6.45, 7) is 0.195. The lowest BCUT2D eigenvalue weighted by Gasteiger charge is -2.18. The van der Waals surface area contributed by atoms with Crippen molar-refractivity contribution < 1.29 is 14.3 Å². The molecule has 32 heavy (non-hydrogen) atoms. The number of amides is 1. The van der Waals surface area contributed by atoms with Gasteiger partial charge in [0.1, 0.15) is 12.6 Å². The van der Waals surface area contributed by atoms with Crippen molar-refractivity contribution in [2.75, 3.05) is 6.61 Å². The van der Waals surface area contributed by atoms with E-state index in [2.05, 4.69) is 47.2 Å². The van der Waals surface area contributed by atoms with E-state index in [1.807, 2.05) is 54.7 Å². The quantitative estimate of drug-likeness (QED) is 0.365. The molecule has 2 N–H and O–H groups in total. The number of carbonyl (C=O) groups excluding carboxylic acids is 2. The van der Waals surface area contributed by atoms with Crippen molar-refractivity contribution in [3.63, 3.8) is 0 Å². The van der Waals surface area contributed by atoms with Gasteiger partial charge in [-0.15, -0.1) is 12.6 Å². The molecule has 0 saturated carbocycles. The number of hydrogen-bond acceptors (Lipinski definition) is 3. The minimum absolute atomic E-state index is 0.0353. The number of fused-ring (bicyclic) bond motifs is 4. The third-order valence-electron chi connectivity index (χ3n) is 6.03. The number of alkyl carbamates (subject to hydrolysis) is 1. The summed E-state index contributed by atoms with van der Waals surface area (Å²) in [6, 6.07) is 23.4. The summed E-state index contributed by atoms with van der Waals surface area (Å²) in [5.74, 6) is -0.0353. The summed E-state index contributed by atoms with van der Waals surface area (Å²) >= 11 is 3.98. The number of aromatic nitrogens is 1. The average Bonchev–Trinajstić information content (AvgIpc) is 3.36. The first-order valence-electron chi connectivity index (χ1n) is 10.5. The number of hydrogen-bond donors (Lipinski definition) is 3. The first-order chi connectivity index (χ1) is 15.6. The summed E-state index contributed by atoms with van der Waals surface area (Å²) in [6.07, 6.45) is 1.56. The molecular formula is C26H22N2O3S. The third-order valence-corrected chi connectivity index (χ3v) is 6.34. The Hall–Kier alpha value is -3.51. The van der Waals surface area contributed by atoms with Crippen LogP contribution < -0.4 is 5.32 Å². The van der Waals surface area contributed by atoms with Crippen molar-refractivity contribution in [3.8, 4) is 11.1 Å². The summed E-state index contributed by atoms with van der Waals surface area (Å²) in [5, 5.41) is 3.29. The van der Waals surface area contributed by atoms with E-state index in [4.69, 9.17) is 4.74 Å². The average molecular weight is 443 g/mol. The zero-order valence-corrected chi connectivity index (χ0v) is 18.1. The Balaban J connectivity index is 1.28. The lowest BCUT2D eigenvalue weighted by molar-refractivity contribution is -0.112. The van der Waals surface area contributed by atoms with Gasteiger partial charge in [0.2, 0.25) is 5.12 Å². The zero-order chi connectivity index (χ0) is 22.1. The molecule has 1 aromatic heterocycles. The minimum atomic E-state index is -0.784. The molecule has 1 atom stereocenters. The summed E-state index contributed by atoms with van der Waals surface area (Å²) in [7, 11) is 0. The number of thiol groups is 1. The van der Waals surface area contributed by atoms with E-state index in [9.17, 15) is 9.59 Å². The Morgan fingerprint density at radius 3 is 2.25 bits per heavy atom. The molecule has 5 nitrogen and oxygen atoms in total. The van der Waals surface area contributed by atoms with E-state index in [0.717, 1.165) is 27.6 Å². The smallest absolute Gasteiger partial charge is 0.407 e. The van der Waals surface area contributed by atoms with Gasteiger partial charge in [-0.05, 0) is 33.9 Å². The summed E-state index contributed by atoms with van der Waals surface area (Å²) in [4.78, 5) is 27.9. The van der Waals surface area contributed by atoms with Gasteiger partial charge in [-0.1, -0.05) is 66.7 Å². The largest absolute Gasteiger partial charge is 0.449 e. The maximum absolute atomic E-state index is 12.6. The van der Waals surface area contributed by atoms with Crippen molar-refractivity contribution in [1.82, 2.24) is 10.3 Å². The Labute approximate surface area is 191 Å². The molecule has 5 rings (SSSR count). The fraction of sp³-hybridized carbons (Fsp3) is 0.154. The number of H-pyrrole nitrogens is 1. The molecular weight excluding hydrogens is 420 g/mol. The van der Waals surface area contributed by atoms with E-state index in [0.29, 0.717) is 6.42 Å². The van der Waals surface area contributed by atoms with Gasteiger partial charge >= 0.3 is 6.09 Å². The lowest BCUT2D eigenvalue weighted by Crippen LogP contribution is -2.41. The lowest BCUT2D eigenvalue weighted by atomic mass is 9.98. The van der Waals surface area contributed by atoms with Gasteiger partial charge < -0.3 is 15.0 Å². The first-order valence-corrected chi connectivity index (χ1v) is 11.0. The first kappa shape index (κ1) is 20.4. The maximum Gasteiger partial charge on any atom is 0.407 e. The van der Waals surface area contributed by atoms with Gasteiger partial charge in [-0.2, -0.15) is 0 Å². The molecule has 6 heteroatoms. The van der Waals surface area contributed by atoms with Crippen LogP contribution in [0.1, 0.15) is 22.6 Å². The van der Waals surface area contributed by atoms with Crippen LogP contribution in [0.25, 0.3) is 22.0 Å². The standard InChI is InChI=1S/C26H22N2O3S/c29-25(32)24(13-16-14-27-23-12-6-5-7-17(16)23)28-26(30)31-15-22-20-10-3-1-8-18(20)19-9-2-4-11-21(19)22/h1-12,14,22,24,27H,13,15H2,(H,28,30)(H,29,32)/t24-/m0/s1. The van der Waals surface area contributed by atoms with E-state index in [1.165, 1.54) is 11.1 Å². The van der Waals surface area contributed by atoms with Crippen LogP contribution >= 0.6 is 12.6 Å². The van der Waals surface area contributed by atoms with Crippen LogP contribution in [0.15, 0.2) is 79.0 Å². The van der Waals surface area contributed by atoms with Crippen molar-refractivity contribution >= 4 is 34.7 Å². The van der Waals surface area contributed by atoms with E-state index < -0.39 is 17.3 Å². The molecule has 3 aromatic carbocycles. The second-order valence-corrected chi connectivity index (χ2v) is 8.37. The number of rotatable bonds is 6. The minimum Gasteiger partial charge on any atom is -0.449 e. The Kier molecular flexibility index (Phi) is 5.45. The highest BCUT2D eigenvalue weighted by molar-refractivity contribution is 7.96. The molecule has 0 spiro atoms. The molecule has 0 bridgehead atoms. The molecule has 0 radical (unpaired) electrons. The normalized spacial score (nSPS) is 13.4. The van der Waals surface area contributed by atoms with Crippen molar-refractivity contribution in [3.05, 3.63) is 95.7 Å². The maximum atomic E-state index is 12.6. The zero-order valence-electron chi connectivity index (χ0n) is 17.2. The van der Waals surface area contributed by atoms with Crippen molar-refractivity contribution in [1.29, 1.82) is 0 Å². The molecule has 4 aromatic rings. The van der Waals surface area contributed by atoms with Gasteiger partial charge in [-0.3, -0.25) is 4.79 Å². The number of carbonyl (C=O) groups is 2. The molecule has 0 fully saturated rings. The third kappa shape index (κ3) is 3.78. The molecule has 1 aliphatic carbocycles. The van der Waals surface area contributed by atoms with Crippen molar-refractivity contribution in [2.45, 2.75) is 18.4 Å². The number of aromatic amines is 1. The summed E-state index contributed by atoms with van der Waals surface area (Å²) < 4.78 is 5.58. The molecule has 0 saturated heterocycles. The van der Waals surface area contributed by atoms with Gasteiger partial charge in [0.05, 0.1) is 0 Å². The second-order valence-electron chi connectivity index (χ2n) is 7.92. The fourth-order valence-corrected chi connectivity index (χ4v) is 4.66. The van der Waals surface area contributed by atoms with Crippen LogP contribution in [0.3, 0.4) is 0 Å². The Morgan fingerprint density at radius 2 is 1.56 bits per heavy atom. The molecule has 1 heterocycles. The predicted molar refractivity (Wildman–Crippen MR) is 128 cm³/mol. The predicted octanol–water partition coefficient (Wildman–Crippen LogP) is 5.07. The molecule has 0 aliphatic heterocycles. The fourth-order valence-electron chi connectivity index (χ4n) is 4.50. The molecule has 160 valence electrons. The van der Waals surface area contributed by atoms with E-state index in [1.54, 1.807) is 0 Å². The van der Waals surface area contributed by atoms with Crippen LogP contribution in [0, 0.1) is 0 Å². The molecule has 0 unspecified atom stereocenters. The monoisotopic (exact) mass is 442 g/mol. The highest BCUT2D eigenvalue weighted by Gasteiger charge is 2.29. The topological polar surface area (TPSA) is 71.2 Å². The highest BCUT2D eigenvalue weighted by atomic mass is 32.1. The van der Waals surface area contributed by atoms with Crippen LogP contribution in [0.4, 0.5) is 4.79 Å². The van der Waals surface area contributed by atoms with Gasteiger partial charge in [0.25, 0.3) is 0 Å². The Morgan fingerprint density at radius 1 is 0.938 bits per heavy atom. The number of benzene rings is 3. The van der Waals surface area contributed by atoms with Crippen molar-refractivity contribution in [2.24, 2.45) is 0 Å². The van der Waals surface area contributed by atoms with Crippen LogP contribution in [-0.2, 0) is 16.0 Å². The van der Waals surface area contributed by atoms with E-state index in [-0.39, 0.29) is 12.5 Å². The van der Waals surface area contributed by atoms with Crippen LogP contribution in [0.5, 0.6) is 0 Å². The summed E-state index contributed by atoms with van der Waals surface area (Å²) in [5.41, 5.74) is 6.53. The molecule has 1 amide bonds. The Bertz CT molecular complexity index is 1270. The van der Waals surface area contributed by atoms with Crippen LogP contribution in [-0.4, -0.2) is 28.8 Å². The van der Waals surface area contributed by atoms with Gasteiger partial charge in [0.15, 0.2) is 0 Å². The SMILES string of the molecule is O=C(N[C@@H](Cc1c[nH]c2ccccc12)C(=O)S)OCC1c2ccccc2-c2ccccc21. The van der Waals surface area contributed by atoms with Gasteiger partial charge in [0, 0.05) is 29.4 Å². The number of nitrogens with one attached hydrogen (secondary N) is 2. The van der Waals surface area contributed by atoms with Crippen LogP contribution in [0.2, 0.25) is 0 Å². The second kappa shape index (κ2) is 8.55. The molecule has 1 aliphatic rings. The van der Waals surface area contributed by atoms with E-state index >= 15 is 0 Å². The number of para-hydroxylation sites is 1. The van der Waals surface area contributed by atoms with Gasteiger partial charge in [-0.25, -0.2) is 4.79 Å². The number of ether oxygens (including phenoxy) is 1. The highest BCUT2D eigenvalue weighted by Crippen LogP contribution is 2.44.